The largest absolute Gasteiger partial charge is 0.496 e. The maximum atomic E-state index is 12.8. The van der Waals surface area contributed by atoms with Crippen molar-refractivity contribution in [2.45, 2.75) is 18.9 Å². The average Bonchev–Trinajstić information content (AvgIpc) is 2.62. The van der Waals surface area contributed by atoms with Gasteiger partial charge in [0.25, 0.3) is 5.91 Å². The van der Waals surface area contributed by atoms with Gasteiger partial charge in [0, 0.05) is 23.8 Å². The molecule has 1 aliphatic heterocycles. The zero-order chi connectivity index (χ0) is 16.9. The van der Waals surface area contributed by atoms with Crippen LogP contribution in [0, 0.1) is 0 Å². The van der Waals surface area contributed by atoms with E-state index >= 15 is 0 Å². The molecule has 1 aromatic heterocycles. The van der Waals surface area contributed by atoms with Gasteiger partial charge in [0.15, 0.2) is 0 Å². The molecule has 1 aromatic carbocycles. The summed E-state index contributed by atoms with van der Waals surface area (Å²) in [4.78, 5) is 22.5. The summed E-state index contributed by atoms with van der Waals surface area (Å²) in [5.74, 6) is 0.929. The van der Waals surface area contributed by atoms with Crippen LogP contribution in [0.3, 0.4) is 0 Å². The lowest BCUT2D eigenvalue weighted by atomic mass is 10.1. The predicted molar refractivity (Wildman–Crippen MR) is 89.6 cm³/mol. The number of piperidine rings is 1. The second-order valence-electron chi connectivity index (χ2n) is 5.53. The van der Waals surface area contributed by atoms with Gasteiger partial charge >= 0.3 is 0 Å². The van der Waals surface area contributed by atoms with E-state index in [0.717, 1.165) is 12.8 Å². The Hall–Kier alpha value is -2.34. The molecule has 0 aliphatic carbocycles. The van der Waals surface area contributed by atoms with Gasteiger partial charge in [-0.2, -0.15) is 0 Å². The van der Waals surface area contributed by atoms with Gasteiger partial charge in [0.1, 0.15) is 18.2 Å². The minimum Gasteiger partial charge on any atom is -0.496 e. The second-order valence-corrected chi connectivity index (χ2v) is 5.96. The van der Waals surface area contributed by atoms with Crippen LogP contribution >= 0.6 is 11.6 Å². The van der Waals surface area contributed by atoms with E-state index in [2.05, 4.69) is 9.97 Å². The van der Waals surface area contributed by atoms with E-state index < -0.39 is 0 Å². The van der Waals surface area contributed by atoms with Crippen LogP contribution in [0.25, 0.3) is 0 Å². The molecule has 24 heavy (non-hydrogen) atoms. The smallest absolute Gasteiger partial charge is 0.257 e. The van der Waals surface area contributed by atoms with Crippen molar-refractivity contribution in [1.82, 2.24) is 14.9 Å². The predicted octanol–water partition coefficient (Wildman–Crippen LogP) is 2.82. The number of methoxy groups -OCH3 is 1. The average molecular weight is 348 g/mol. The molecule has 0 N–H and O–H groups in total. The summed E-state index contributed by atoms with van der Waals surface area (Å²) in [5, 5.41) is 0.505. The van der Waals surface area contributed by atoms with Crippen molar-refractivity contribution in [1.29, 1.82) is 0 Å². The summed E-state index contributed by atoms with van der Waals surface area (Å²) in [6.45, 7) is 1.18. The molecule has 126 valence electrons. The number of hydrogen-bond acceptors (Lipinski definition) is 5. The third-order valence-electron chi connectivity index (χ3n) is 3.90. The second kappa shape index (κ2) is 7.49. The standard InChI is InChI=1S/C17H18ClN3O3/c1-23-15-5-4-12(18)9-14(15)17(22)21-8-2-3-13(10-21)24-16-6-7-19-11-20-16/h4-7,9,11,13H,2-3,8,10H2,1H3. The number of benzene rings is 1. The fourth-order valence-corrected chi connectivity index (χ4v) is 2.93. The highest BCUT2D eigenvalue weighted by atomic mass is 35.5. The maximum absolute atomic E-state index is 12.8. The number of likely N-dealkylation sites (tertiary alicyclic amines) is 1. The summed E-state index contributed by atoms with van der Waals surface area (Å²) >= 11 is 6.03. The van der Waals surface area contributed by atoms with Crippen molar-refractivity contribution in [3.05, 3.63) is 47.4 Å². The molecular formula is C17H18ClN3O3. The molecule has 0 radical (unpaired) electrons. The number of amides is 1. The third kappa shape index (κ3) is 3.76. The lowest BCUT2D eigenvalue weighted by Crippen LogP contribution is -2.44. The van der Waals surface area contributed by atoms with Gasteiger partial charge in [0.05, 0.1) is 19.2 Å². The van der Waals surface area contributed by atoms with Gasteiger partial charge < -0.3 is 14.4 Å². The highest BCUT2D eigenvalue weighted by Crippen LogP contribution is 2.26. The molecule has 1 fully saturated rings. The number of carbonyl (C=O) groups excluding carboxylic acids is 1. The number of rotatable bonds is 4. The van der Waals surface area contributed by atoms with Crippen molar-refractivity contribution in [3.63, 3.8) is 0 Å². The Labute approximate surface area is 145 Å². The van der Waals surface area contributed by atoms with Crippen molar-refractivity contribution in [3.8, 4) is 11.6 Å². The Kier molecular flexibility index (Phi) is 5.15. The summed E-state index contributed by atoms with van der Waals surface area (Å²) in [6, 6.07) is 6.75. The first kappa shape index (κ1) is 16.5. The molecule has 6 nitrogen and oxygen atoms in total. The first-order chi connectivity index (χ1) is 11.7. The fourth-order valence-electron chi connectivity index (χ4n) is 2.76. The number of halogens is 1. The summed E-state index contributed by atoms with van der Waals surface area (Å²) < 4.78 is 11.1. The van der Waals surface area contributed by atoms with Crippen molar-refractivity contribution < 1.29 is 14.3 Å². The van der Waals surface area contributed by atoms with E-state index in [1.165, 1.54) is 13.4 Å². The van der Waals surface area contributed by atoms with E-state index in [-0.39, 0.29) is 12.0 Å². The molecule has 3 rings (SSSR count). The van der Waals surface area contributed by atoms with E-state index in [0.29, 0.717) is 35.3 Å². The Balaban J connectivity index is 1.72. The highest BCUT2D eigenvalue weighted by molar-refractivity contribution is 6.31. The van der Waals surface area contributed by atoms with E-state index in [4.69, 9.17) is 21.1 Å². The summed E-state index contributed by atoms with van der Waals surface area (Å²) in [5.41, 5.74) is 0.465. The number of hydrogen-bond donors (Lipinski definition) is 0. The normalized spacial score (nSPS) is 17.4. The lowest BCUT2D eigenvalue weighted by molar-refractivity contribution is 0.0524. The van der Waals surface area contributed by atoms with Crippen LogP contribution in [0.4, 0.5) is 0 Å². The quantitative estimate of drug-likeness (QED) is 0.851. The van der Waals surface area contributed by atoms with Gasteiger partial charge in [-0.1, -0.05) is 11.6 Å². The zero-order valence-corrected chi connectivity index (χ0v) is 14.1. The van der Waals surface area contributed by atoms with Crippen molar-refractivity contribution >= 4 is 17.5 Å². The number of carbonyl (C=O) groups is 1. The van der Waals surface area contributed by atoms with Gasteiger partial charge in [-0.25, -0.2) is 9.97 Å². The number of ether oxygens (including phenoxy) is 2. The molecular weight excluding hydrogens is 330 g/mol. The van der Waals surface area contributed by atoms with Crippen LogP contribution in [0.15, 0.2) is 36.8 Å². The number of aromatic nitrogens is 2. The Morgan fingerprint density at radius 1 is 1.38 bits per heavy atom. The van der Waals surface area contributed by atoms with Crippen LogP contribution in [0.1, 0.15) is 23.2 Å². The van der Waals surface area contributed by atoms with Gasteiger partial charge in [-0.05, 0) is 31.0 Å². The fraction of sp³-hybridized carbons (Fsp3) is 0.353. The maximum Gasteiger partial charge on any atom is 0.257 e. The molecule has 2 aromatic rings. The zero-order valence-electron chi connectivity index (χ0n) is 13.3. The molecule has 1 saturated heterocycles. The lowest BCUT2D eigenvalue weighted by Gasteiger charge is -2.33. The highest BCUT2D eigenvalue weighted by Gasteiger charge is 2.27. The van der Waals surface area contributed by atoms with Crippen LogP contribution < -0.4 is 9.47 Å². The topological polar surface area (TPSA) is 64.5 Å². The molecule has 1 amide bonds. The third-order valence-corrected chi connectivity index (χ3v) is 4.13. The Morgan fingerprint density at radius 2 is 2.25 bits per heavy atom. The van der Waals surface area contributed by atoms with Crippen molar-refractivity contribution in [2.24, 2.45) is 0 Å². The number of nitrogens with zero attached hydrogens (tertiary/aromatic N) is 3. The molecule has 1 unspecified atom stereocenters. The first-order valence-electron chi connectivity index (χ1n) is 7.73. The van der Waals surface area contributed by atoms with Gasteiger partial charge in [0.2, 0.25) is 5.88 Å². The van der Waals surface area contributed by atoms with Gasteiger partial charge in [-0.15, -0.1) is 0 Å². The SMILES string of the molecule is COc1ccc(Cl)cc1C(=O)N1CCCC(Oc2ccncn2)C1. The minimum absolute atomic E-state index is 0.0946. The van der Waals surface area contributed by atoms with Crippen LogP contribution in [0.5, 0.6) is 11.6 Å². The van der Waals surface area contributed by atoms with Crippen LogP contribution in [-0.4, -0.2) is 47.1 Å². The monoisotopic (exact) mass is 347 g/mol. The molecule has 0 bridgehead atoms. The molecule has 7 heteroatoms. The summed E-state index contributed by atoms with van der Waals surface area (Å²) in [6.07, 6.45) is 4.72. The van der Waals surface area contributed by atoms with Crippen LogP contribution in [-0.2, 0) is 0 Å². The Bertz CT molecular complexity index is 711. The Morgan fingerprint density at radius 3 is 3.00 bits per heavy atom. The van der Waals surface area contributed by atoms with Gasteiger partial charge in [-0.3, -0.25) is 4.79 Å². The molecule has 0 saturated carbocycles. The van der Waals surface area contributed by atoms with Crippen LogP contribution in [0.2, 0.25) is 5.02 Å². The summed E-state index contributed by atoms with van der Waals surface area (Å²) in [7, 11) is 1.54. The molecule has 1 atom stereocenters. The van der Waals surface area contributed by atoms with Crippen molar-refractivity contribution in [2.75, 3.05) is 20.2 Å². The van der Waals surface area contributed by atoms with E-state index in [1.54, 1.807) is 35.4 Å². The van der Waals surface area contributed by atoms with E-state index in [1.807, 2.05) is 0 Å². The minimum atomic E-state index is -0.106. The first-order valence-corrected chi connectivity index (χ1v) is 8.10. The van der Waals surface area contributed by atoms with E-state index in [9.17, 15) is 4.79 Å². The molecule has 2 heterocycles. The molecule has 1 aliphatic rings. The molecule has 0 spiro atoms.